The van der Waals surface area contributed by atoms with E-state index < -0.39 is 0 Å². The number of carbonyl (C=O) groups is 2. The molecule has 0 saturated carbocycles. The molecule has 2 aromatic carbocycles. The molecule has 0 aliphatic heterocycles. The highest BCUT2D eigenvalue weighted by molar-refractivity contribution is 7.71. The number of aromatic nitrogens is 3. The van der Waals surface area contributed by atoms with Crippen molar-refractivity contribution >= 4 is 29.7 Å². The number of aryl methyl sites for hydroxylation is 1. The van der Waals surface area contributed by atoms with Gasteiger partial charge < -0.3 is 10.6 Å². The Kier molecular flexibility index (Phi) is 7.72. The van der Waals surface area contributed by atoms with Crippen molar-refractivity contribution in [3.05, 3.63) is 64.4 Å². The van der Waals surface area contributed by atoms with Crippen LogP contribution >= 0.6 is 12.2 Å². The Morgan fingerprint density at radius 3 is 2.58 bits per heavy atom. The molecule has 3 rings (SSSR count). The molecule has 0 atom stereocenters. The Bertz CT molecular complexity index is 1100. The maximum atomic E-state index is 12.4. The van der Waals surface area contributed by atoms with Gasteiger partial charge in [-0.15, -0.1) is 0 Å². The summed E-state index contributed by atoms with van der Waals surface area (Å²) in [7, 11) is 0. The molecule has 8 heteroatoms. The van der Waals surface area contributed by atoms with Crippen molar-refractivity contribution in [2.45, 2.75) is 46.2 Å². The number of nitrogens with zero attached hydrogens (tertiary/aromatic N) is 2. The van der Waals surface area contributed by atoms with Gasteiger partial charge in [-0.25, -0.2) is 0 Å². The zero-order valence-corrected chi connectivity index (χ0v) is 18.6. The lowest BCUT2D eigenvalue weighted by Gasteiger charge is -2.09. The van der Waals surface area contributed by atoms with Crippen LogP contribution in [-0.4, -0.2) is 26.6 Å². The van der Waals surface area contributed by atoms with Gasteiger partial charge in [0.05, 0.1) is 0 Å². The van der Waals surface area contributed by atoms with Crippen LogP contribution in [0.25, 0.3) is 11.4 Å². The number of hydrogen-bond acceptors (Lipinski definition) is 4. The molecule has 7 nitrogen and oxygen atoms in total. The van der Waals surface area contributed by atoms with Crippen molar-refractivity contribution in [3.63, 3.8) is 0 Å². The van der Waals surface area contributed by atoms with Crippen LogP contribution < -0.4 is 10.6 Å². The number of rotatable bonds is 9. The smallest absolute Gasteiger partial charge is 0.224 e. The quantitative estimate of drug-likeness (QED) is 0.434. The fourth-order valence-electron chi connectivity index (χ4n) is 3.19. The first-order chi connectivity index (χ1) is 15.0. The molecule has 1 heterocycles. The molecule has 0 fully saturated rings. The number of benzene rings is 2. The summed E-state index contributed by atoms with van der Waals surface area (Å²) in [6, 6.07) is 15.5. The zero-order chi connectivity index (χ0) is 22.2. The Morgan fingerprint density at radius 1 is 1.10 bits per heavy atom. The molecule has 0 saturated heterocycles. The average molecular weight is 438 g/mol. The molecule has 0 spiro atoms. The summed E-state index contributed by atoms with van der Waals surface area (Å²) in [5.41, 5.74) is 3.80. The van der Waals surface area contributed by atoms with Crippen LogP contribution in [0.2, 0.25) is 0 Å². The Hall–Kier alpha value is -3.26. The van der Waals surface area contributed by atoms with Crippen LogP contribution in [0.3, 0.4) is 0 Å². The molecule has 0 unspecified atom stereocenters. The minimum atomic E-state index is -0.0707. The zero-order valence-electron chi connectivity index (χ0n) is 17.8. The van der Waals surface area contributed by atoms with E-state index in [9.17, 15) is 9.59 Å². The van der Waals surface area contributed by atoms with Crippen LogP contribution in [0.1, 0.15) is 37.3 Å². The second-order valence-electron chi connectivity index (χ2n) is 7.40. The average Bonchev–Trinajstić information content (AvgIpc) is 3.12. The van der Waals surface area contributed by atoms with Crippen molar-refractivity contribution in [2.24, 2.45) is 0 Å². The van der Waals surface area contributed by atoms with E-state index in [1.807, 2.05) is 66.9 Å². The predicted octanol–water partition coefficient (Wildman–Crippen LogP) is 4.36. The molecule has 162 valence electrons. The maximum Gasteiger partial charge on any atom is 0.224 e. The third-order valence-electron chi connectivity index (χ3n) is 4.80. The fourth-order valence-corrected chi connectivity index (χ4v) is 3.41. The predicted molar refractivity (Wildman–Crippen MR) is 124 cm³/mol. The Labute approximate surface area is 186 Å². The topological polar surface area (TPSA) is 91.8 Å². The van der Waals surface area contributed by atoms with Gasteiger partial charge >= 0.3 is 0 Å². The monoisotopic (exact) mass is 437 g/mol. The summed E-state index contributed by atoms with van der Waals surface area (Å²) in [5.74, 6) is 0.660. The summed E-state index contributed by atoms with van der Waals surface area (Å²) >= 11 is 5.34. The fraction of sp³-hybridized carbons (Fsp3) is 0.304. The number of H-pyrrole nitrogens is 1. The minimum absolute atomic E-state index is 0.00596. The first-order valence-corrected chi connectivity index (χ1v) is 10.7. The first kappa shape index (κ1) is 22.4. The lowest BCUT2D eigenvalue weighted by Crippen LogP contribution is -2.24. The van der Waals surface area contributed by atoms with Gasteiger partial charge in [0.25, 0.3) is 0 Å². The molecule has 0 aliphatic rings. The standard InChI is InChI=1S/C23H27N5O2S/c1-3-5-21(30)25-19-10-8-17(9-11-19)15-24-20(29)12-13-28-22(26-27-23(28)31)18-7-4-6-16(2)14-18/h4,6-11,14H,3,5,12-13,15H2,1-2H3,(H,24,29)(H,25,30)(H,27,31). The Balaban J connectivity index is 1.53. The number of anilines is 1. The van der Waals surface area contributed by atoms with Gasteiger partial charge in [-0.05, 0) is 49.3 Å². The van der Waals surface area contributed by atoms with Crippen molar-refractivity contribution in [1.29, 1.82) is 0 Å². The van der Waals surface area contributed by atoms with E-state index in [-0.39, 0.29) is 18.2 Å². The van der Waals surface area contributed by atoms with Crippen LogP contribution in [0.5, 0.6) is 0 Å². The lowest BCUT2D eigenvalue weighted by molar-refractivity contribution is -0.121. The molecule has 31 heavy (non-hydrogen) atoms. The number of nitrogens with one attached hydrogen (secondary N) is 3. The van der Waals surface area contributed by atoms with Crippen molar-refractivity contribution < 1.29 is 9.59 Å². The highest BCUT2D eigenvalue weighted by Gasteiger charge is 2.11. The van der Waals surface area contributed by atoms with Crippen molar-refractivity contribution in [1.82, 2.24) is 20.1 Å². The van der Waals surface area contributed by atoms with E-state index in [0.717, 1.165) is 34.6 Å². The highest BCUT2D eigenvalue weighted by Crippen LogP contribution is 2.19. The second-order valence-corrected chi connectivity index (χ2v) is 7.78. The third-order valence-corrected chi connectivity index (χ3v) is 5.11. The molecule has 0 radical (unpaired) electrons. The van der Waals surface area contributed by atoms with Gasteiger partial charge in [-0.3, -0.25) is 19.3 Å². The van der Waals surface area contributed by atoms with E-state index in [1.165, 1.54) is 0 Å². The third kappa shape index (κ3) is 6.36. The van der Waals surface area contributed by atoms with Gasteiger partial charge in [-0.1, -0.05) is 42.8 Å². The van der Waals surface area contributed by atoms with Crippen LogP contribution in [-0.2, 0) is 22.7 Å². The summed E-state index contributed by atoms with van der Waals surface area (Å²) in [4.78, 5) is 24.0. The normalized spacial score (nSPS) is 10.6. The van der Waals surface area contributed by atoms with E-state index in [2.05, 4.69) is 20.8 Å². The van der Waals surface area contributed by atoms with Gasteiger partial charge in [-0.2, -0.15) is 5.10 Å². The van der Waals surface area contributed by atoms with E-state index in [0.29, 0.717) is 24.3 Å². The molecule has 0 aliphatic carbocycles. The molecular formula is C23H27N5O2S. The SMILES string of the molecule is CCCC(=O)Nc1ccc(CNC(=O)CCn2c(-c3cccc(C)c3)n[nH]c2=S)cc1. The lowest BCUT2D eigenvalue weighted by atomic mass is 10.1. The molecule has 0 bridgehead atoms. The molecule has 3 N–H and O–H groups in total. The van der Waals surface area contributed by atoms with Crippen LogP contribution in [0, 0.1) is 11.7 Å². The molecule has 1 aromatic heterocycles. The number of hydrogen-bond donors (Lipinski definition) is 3. The second kappa shape index (κ2) is 10.7. The Morgan fingerprint density at radius 2 is 1.87 bits per heavy atom. The van der Waals surface area contributed by atoms with Gasteiger partial charge in [0.15, 0.2) is 10.6 Å². The molecule has 2 amide bonds. The van der Waals surface area contributed by atoms with Crippen LogP contribution in [0.15, 0.2) is 48.5 Å². The molecule has 3 aromatic rings. The van der Waals surface area contributed by atoms with Gasteiger partial charge in [0.2, 0.25) is 11.8 Å². The summed E-state index contributed by atoms with van der Waals surface area (Å²) in [5, 5.41) is 12.9. The summed E-state index contributed by atoms with van der Waals surface area (Å²) < 4.78 is 2.34. The van der Waals surface area contributed by atoms with Gasteiger partial charge in [0.1, 0.15) is 0 Å². The summed E-state index contributed by atoms with van der Waals surface area (Å²) in [6.07, 6.45) is 1.61. The number of aromatic amines is 1. The van der Waals surface area contributed by atoms with Crippen molar-refractivity contribution in [2.75, 3.05) is 5.32 Å². The number of amides is 2. The maximum absolute atomic E-state index is 12.4. The van der Waals surface area contributed by atoms with E-state index in [1.54, 1.807) is 0 Å². The first-order valence-electron chi connectivity index (χ1n) is 10.3. The minimum Gasteiger partial charge on any atom is -0.352 e. The van der Waals surface area contributed by atoms with Gasteiger partial charge in [0, 0.05) is 37.2 Å². The summed E-state index contributed by atoms with van der Waals surface area (Å²) in [6.45, 7) is 4.85. The van der Waals surface area contributed by atoms with E-state index >= 15 is 0 Å². The van der Waals surface area contributed by atoms with Crippen molar-refractivity contribution in [3.8, 4) is 11.4 Å². The largest absolute Gasteiger partial charge is 0.352 e. The molecular weight excluding hydrogens is 410 g/mol. The highest BCUT2D eigenvalue weighted by atomic mass is 32.1. The van der Waals surface area contributed by atoms with E-state index in [4.69, 9.17) is 12.2 Å². The van der Waals surface area contributed by atoms with Crippen LogP contribution in [0.4, 0.5) is 5.69 Å². The number of carbonyl (C=O) groups excluding carboxylic acids is 2.